The first-order valence-corrected chi connectivity index (χ1v) is 7.20. The lowest BCUT2D eigenvalue weighted by atomic mass is 10.1. The number of benzene rings is 2. The van der Waals surface area contributed by atoms with E-state index in [-0.39, 0.29) is 16.8 Å². The van der Waals surface area contributed by atoms with Crippen molar-refractivity contribution in [2.75, 3.05) is 19.0 Å². The summed E-state index contributed by atoms with van der Waals surface area (Å²) in [7, 11) is 3.26. The van der Waals surface area contributed by atoms with Gasteiger partial charge in [-0.3, -0.25) is 4.79 Å². The molecule has 8 heteroatoms. The molecule has 0 fully saturated rings. The molecule has 0 aliphatic carbocycles. The van der Waals surface area contributed by atoms with Crippen molar-refractivity contribution < 1.29 is 26.7 Å². The molecule has 2 aromatic carbocycles. The van der Waals surface area contributed by atoms with Crippen LogP contribution >= 0.6 is 0 Å². The quantitative estimate of drug-likeness (QED) is 0.839. The first-order valence-electron chi connectivity index (χ1n) is 7.20. The van der Waals surface area contributed by atoms with Gasteiger partial charge in [0.25, 0.3) is 5.91 Å². The van der Waals surface area contributed by atoms with Crippen LogP contribution in [0.2, 0.25) is 0 Å². The highest BCUT2D eigenvalue weighted by atomic mass is 19.4. The molecule has 1 amide bonds. The largest absolute Gasteiger partial charge is 0.416 e. The predicted octanol–water partition coefficient (Wildman–Crippen LogP) is 3.98. The van der Waals surface area contributed by atoms with Gasteiger partial charge in [0, 0.05) is 26.2 Å². The molecule has 3 nitrogen and oxygen atoms in total. The number of hydrogen-bond donors (Lipinski definition) is 1. The van der Waals surface area contributed by atoms with Crippen LogP contribution in [0.5, 0.6) is 0 Å². The van der Waals surface area contributed by atoms with Gasteiger partial charge in [0.05, 0.1) is 11.3 Å². The van der Waals surface area contributed by atoms with Crippen LogP contribution in [0.1, 0.15) is 21.5 Å². The summed E-state index contributed by atoms with van der Waals surface area (Å²) in [5, 5.41) is 2.28. The summed E-state index contributed by atoms with van der Waals surface area (Å²) < 4.78 is 65.7. The molecule has 0 spiro atoms. The zero-order chi connectivity index (χ0) is 18.8. The van der Waals surface area contributed by atoms with Crippen molar-refractivity contribution in [3.05, 3.63) is 64.7 Å². The molecule has 0 aliphatic rings. The van der Waals surface area contributed by atoms with Gasteiger partial charge in [0.2, 0.25) is 0 Å². The Bertz CT molecular complexity index is 787. The summed E-state index contributed by atoms with van der Waals surface area (Å²) in [6.45, 7) is -0.467. The van der Waals surface area contributed by atoms with Gasteiger partial charge in [0.1, 0.15) is 11.6 Å². The summed E-state index contributed by atoms with van der Waals surface area (Å²) in [6.07, 6.45) is -4.75. The van der Waals surface area contributed by atoms with Crippen molar-refractivity contribution in [1.29, 1.82) is 0 Å². The van der Waals surface area contributed by atoms with E-state index < -0.39 is 35.8 Å². The highest BCUT2D eigenvalue weighted by Gasteiger charge is 2.33. The lowest BCUT2D eigenvalue weighted by molar-refractivity contribution is -0.138. The lowest BCUT2D eigenvalue weighted by Gasteiger charge is -2.15. The fourth-order valence-corrected chi connectivity index (χ4v) is 2.26. The van der Waals surface area contributed by atoms with Crippen LogP contribution in [0, 0.1) is 11.6 Å². The van der Waals surface area contributed by atoms with Crippen LogP contribution < -0.4 is 10.2 Å². The number of nitrogens with zero attached hydrogens (tertiary/aromatic N) is 1. The van der Waals surface area contributed by atoms with E-state index in [4.69, 9.17) is 0 Å². The van der Waals surface area contributed by atoms with Crippen LogP contribution in [0.15, 0.2) is 36.4 Å². The van der Waals surface area contributed by atoms with Crippen LogP contribution in [0.4, 0.5) is 27.6 Å². The fourth-order valence-electron chi connectivity index (χ4n) is 2.26. The van der Waals surface area contributed by atoms with E-state index in [9.17, 15) is 26.7 Å². The topological polar surface area (TPSA) is 32.3 Å². The number of carbonyl (C=O) groups is 1. The maximum absolute atomic E-state index is 13.9. The standard InChI is InChI=1S/C17H15F5N2O/c1-24(2)15-6-4-10(7-14(15)19)16(25)23-9-11-3-5-12(18)8-13(11)17(20,21)22/h3-8H,9H2,1-2H3,(H,23,25). The summed E-state index contributed by atoms with van der Waals surface area (Å²) in [6, 6.07) is 5.95. The monoisotopic (exact) mass is 358 g/mol. The maximum Gasteiger partial charge on any atom is 0.416 e. The van der Waals surface area contributed by atoms with Crippen molar-refractivity contribution in [3.63, 3.8) is 0 Å². The number of anilines is 1. The van der Waals surface area contributed by atoms with Gasteiger partial charge >= 0.3 is 6.18 Å². The van der Waals surface area contributed by atoms with Gasteiger partial charge in [-0.25, -0.2) is 8.78 Å². The van der Waals surface area contributed by atoms with Crippen molar-refractivity contribution in [2.24, 2.45) is 0 Å². The van der Waals surface area contributed by atoms with E-state index in [0.29, 0.717) is 6.07 Å². The van der Waals surface area contributed by atoms with E-state index in [0.717, 1.165) is 18.2 Å². The summed E-state index contributed by atoms with van der Waals surface area (Å²) in [5.74, 6) is -2.39. The molecule has 0 bridgehead atoms. The molecule has 0 unspecified atom stereocenters. The molecular formula is C17H15F5N2O. The number of halogens is 5. The maximum atomic E-state index is 13.9. The van der Waals surface area contributed by atoms with Crippen LogP contribution in [-0.2, 0) is 12.7 Å². The molecule has 25 heavy (non-hydrogen) atoms. The second kappa shape index (κ2) is 7.08. The van der Waals surface area contributed by atoms with E-state index >= 15 is 0 Å². The Hall–Kier alpha value is -2.64. The van der Waals surface area contributed by atoms with Gasteiger partial charge in [-0.2, -0.15) is 13.2 Å². The average Bonchev–Trinajstić information content (AvgIpc) is 2.52. The normalized spacial score (nSPS) is 11.3. The molecule has 2 aromatic rings. The molecule has 134 valence electrons. The van der Waals surface area contributed by atoms with Crippen molar-refractivity contribution in [3.8, 4) is 0 Å². The fraction of sp³-hybridized carbons (Fsp3) is 0.235. The minimum atomic E-state index is -4.75. The molecule has 2 rings (SSSR count). The number of alkyl halides is 3. The second-order valence-electron chi connectivity index (χ2n) is 5.54. The number of carbonyl (C=O) groups excluding carboxylic acids is 1. The molecule has 0 saturated heterocycles. The van der Waals surface area contributed by atoms with E-state index in [1.54, 1.807) is 14.1 Å². The molecule has 0 aromatic heterocycles. The van der Waals surface area contributed by atoms with Crippen LogP contribution in [0.3, 0.4) is 0 Å². The van der Waals surface area contributed by atoms with Gasteiger partial charge < -0.3 is 10.2 Å². The first-order chi connectivity index (χ1) is 11.6. The van der Waals surface area contributed by atoms with E-state index in [1.165, 1.54) is 17.0 Å². The summed E-state index contributed by atoms with van der Waals surface area (Å²) in [4.78, 5) is 13.6. The number of hydrogen-bond acceptors (Lipinski definition) is 2. The van der Waals surface area contributed by atoms with Crippen molar-refractivity contribution >= 4 is 11.6 Å². The molecular weight excluding hydrogens is 343 g/mol. The third kappa shape index (κ3) is 4.46. The molecule has 0 radical (unpaired) electrons. The third-order valence-electron chi connectivity index (χ3n) is 3.51. The van der Waals surface area contributed by atoms with Crippen LogP contribution in [0.25, 0.3) is 0 Å². The van der Waals surface area contributed by atoms with Crippen molar-refractivity contribution in [2.45, 2.75) is 12.7 Å². The Kier molecular flexibility index (Phi) is 5.30. The third-order valence-corrected chi connectivity index (χ3v) is 3.51. The van der Waals surface area contributed by atoms with Gasteiger partial charge in [-0.05, 0) is 35.9 Å². The smallest absolute Gasteiger partial charge is 0.375 e. The Morgan fingerprint density at radius 2 is 1.76 bits per heavy atom. The van der Waals surface area contributed by atoms with E-state index in [1.807, 2.05) is 0 Å². The minimum Gasteiger partial charge on any atom is -0.375 e. The van der Waals surface area contributed by atoms with E-state index in [2.05, 4.69) is 5.32 Å². The molecule has 0 heterocycles. The summed E-state index contributed by atoms with van der Waals surface area (Å²) in [5.41, 5.74) is -1.21. The first kappa shape index (κ1) is 18.7. The highest BCUT2D eigenvalue weighted by molar-refractivity contribution is 5.94. The molecule has 0 atom stereocenters. The SMILES string of the molecule is CN(C)c1ccc(C(=O)NCc2ccc(F)cc2C(F)(F)F)cc1F. The highest BCUT2D eigenvalue weighted by Crippen LogP contribution is 2.32. The lowest BCUT2D eigenvalue weighted by Crippen LogP contribution is -2.25. The van der Waals surface area contributed by atoms with Gasteiger partial charge in [-0.1, -0.05) is 6.07 Å². The zero-order valence-corrected chi connectivity index (χ0v) is 13.4. The van der Waals surface area contributed by atoms with Crippen molar-refractivity contribution in [1.82, 2.24) is 5.32 Å². The Morgan fingerprint density at radius 1 is 1.08 bits per heavy atom. The zero-order valence-electron chi connectivity index (χ0n) is 13.4. The molecule has 1 N–H and O–H groups in total. The minimum absolute atomic E-state index is 0.0289. The predicted molar refractivity (Wildman–Crippen MR) is 83.3 cm³/mol. The number of rotatable bonds is 4. The Balaban J connectivity index is 2.17. The summed E-state index contributed by atoms with van der Waals surface area (Å²) >= 11 is 0. The second-order valence-corrected chi connectivity index (χ2v) is 5.54. The molecule has 0 aliphatic heterocycles. The number of amides is 1. The Morgan fingerprint density at radius 3 is 2.32 bits per heavy atom. The van der Waals surface area contributed by atoms with Crippen LogP contribution in [-0.4, -0.2) is 20.0 Å². The molecule has 0 saturated carbocycles. The average molecular weight is 358 g/mol. The number of nitrogens with one attached hydrogen (secondary N) is 1. The van der Waals surface area contributed by atoms with Gasteiger partial charge in [-0.15, -0.1) is 0 Å². The Labute approximate surface area is 141 Å². The van der Waals surface area contributed by atoms with Gasteiger partial charge in [0.15, 0.2) is 0 Å².